The fourth-order valence-corrected chi connectivity index (χ4v) is 3.87. The van der Waals surface area contributed by atoms with E-state index in [1.165, 1.54) is 10.9 Å². The summed E-state index contributed by atoms with van der Waals surface area (Å²) in [5, 5.41) is 9.41. The number of benzene rings is 2. The Morgan fingerprint density at radius 3 is 2.69 bits per heavy atom. The number of ether oxygens (including phenoxy) is 1. The van der Waals surface area contributed by atoms with E-state index in [4.69, 9.17) is 9.15 Å². The van der Waals surface area contributed by atoms with Crippen molar-refractivity contribution in [3.05, 3.63) is 88.5 Å². The van der Waals surface area contributed by atoms with Crippen LogP contribution in [0.15, 0.2) is 76.1 Å². The predicted molar refractivity (Wildman–Crippen MR) is 132 cm³/mol. The van der Waals surface area contributed by atoms with Crippen LogP contribution in [0.2, 0.25) is 0 Å². The van der Waals surface area contributed by atoms with Gasteiger partial charge >= 0.3 is 0 Å². The summed E-state index contributed by atoms with van der Waals surface area (Å²) < 4.78 is 12.5. The molecule has 0 aliphatic carbocycles. The second-order valence-corrected chi connectivity index (χ2v) is 7.96. The first kappa shape index (κ1) is 22.1. The number of furan rings is 1. The van der Waals surface area contributed by atoms with Crippen LogP contribution >= 0.6 is 0 Å². The van der Waals surface area contributed by atoms with E-state index in [2.05, 4.69) is 20.4 Å². The number of hydrogen-bond donors (Lipinski definition) is 2. The lowest BCUT2D eigenvalue weighted by molar-refractivity contribution is -0.118. The van der Waals surface area contributed by atoms with Crippen LogP contribution in [0.4, 0.5) is 5.82 Å². The van der Waals surface area contributed by atoms with Crippen molar-refractivity contribution in [1.29, 1.82) is 0 Å². The molecule has 0 saturated carbocycles. The van der Waals surface area contributed by atoms with E-state index in [-0.39, 0.29) is 18.1 Å². The van der Waals surface area contributed by atoms with E-state index in [1.54, 1.807) is 25.1 Å². The second-order valence-electron chi connectivity index (χ2n) is 7.96. The lowest BCUT2D eigenvalue weighted by Gasteiger charge is -2.11. The van der Waals surface area contributed by atoms with Crippen molar-refractivity contribution in [1.82, 2.24) is 19.7 Å². The van der Waals surface area contributed by atoms with Crippen LogP contribution in [0.1, 0.15) is 18.2 Å². The van der Waals surface area contributed by atoms with Gasteiger partial charge in [-0.05, 0) is 48.4 Å². The van der Waals surface area contributed by atoms with Gasteiger partial charge in [0, 0.05) is 17.3 Å². The van der Waals surface area contributed by atoms with Crippen molar-refractivity contribution in [2.45, 2.75) is 20.3 Å². The average molecular weight is 470 g/mol. The lowest BCUT2D eigenvalue weighted by atomic mass is 10.1. The smallest absolute Gasteiger partial charge is 0.263 e. The lowest BCUT2D eigenvalue weighted by Crippen LogP contribution is -2.24. The number of carbonyl (C=O) groups is 1. The maximum atomic E-state index is 12.8. The number of anilines is 1. The predicted octanol–water partition coefficient (Wildman–Crippen LogP) is 4.26. The Kier molecular flexibility index (Phi) is 5.88. The number of aromatic amines is 1. The molecule has 1 amide bonds. The number of aromatic nitrogens is 4. The Hall–Kier alpha value is -4.66. The minimum Gasteiger partial charge on any atom is -0.484 e. The third-order valence-electron chi connectivity index (χ3n) is 5.61. The first-order chi connectivity index (χ1) is 17.0. The number of amides is 1. The van der Waals surface area contributed by atoms with E-state index in [9.17, 15) is 9.59 Å². The highest BCUT2D eigenvalue weighted by atomic mass is 16.5. The summed E-state index contributed by atoms with van der Waals surface area (Å²) in [6, 6.07) is 18.7. The third kappa shape index (κ3) is 4.56. The molecule has 35 heavy (non-hydrogen) atoms. The van der Waals surface area contributed by atoms with Crippen LogP contribution in [0.5, 0.6) is 5.75 Å². The molecule has 2 N–H and O–H groups in total. The number of fused-ring (bicyclic) bond motifs is 1. The van der Waals surface area contributed by atoms with E-state index in [1.807, 2.05) is 49.4 Å². The normalized spacial score (nSPS) is 11.0. The number of rotatable bonds is 7. The summed E-state index contributed by atoms with van der Waals surface area (Å²) in [6.45, 7) is 3.45. The summed E-state index contributed by atoms with van der Waals surface area (Å²) in [4.78, 5) is 32.5. The second kappa shape index (κ2) is 9.30. The molecule has 0 fully saturated rings. The van der Waals surface area contributed by atoms with Gasteiger partial charge in [0.25, 0.3) is 11.5 Å². The van der Waals surface area contributed by atoms with E-state index < -0.39 is 5.91 Å². The molecule has 176 valence electrons. The van der Waals surface area contributed by atoms with Gasteiger partial charge in [0.05, 0.1) is 6.26 Å². The van der Waals surface area contributed by atoms with Crippen molar-refractivity contribution in [3.8, 4) is 23.2 Å². The van der Waals surface area contributed by atoms with Crippen LogP contribution in [0.3, 0.4) is 0 Å². The molecule has 2 aromatic carbocycles. The topological polar surface area (TPSA) is 115 Å². The zero-order valence-corrected chi connectivity index (χ0v) is 19.2. The maximum absolute atomic E-state index is 12.8. The molecule has 9 nitrogen and oxygen atoms in total. The molecule has 5 rings (SSSR count). The van der Waals surface area contributed by atoms with Crippen LogP contribution in [0.25, 0.3) is 28.2 Å². The number of carbonyl (C=O) groups excluding carboxylic acids is 1. The van der Waals surface area contributed by atoms with Gasteiger partial charge in [-0.25, -0.2) is 4.98 Å². The summed E-state index contributed by atoms with van der Waals surface area (Å²) in [6.07, 6.45) is 2.09. The highest BCUT2D eigenvalue weighted by Gasteiger charge is 2.18. The SMILES string of the molecule is CCc1c(C)nc(-n2nc(-c3ccco3)cc2NC(=O)COc2ccc3ccccc3c2)[nH]c1=O. The Bertz CT molecular complexity index is 1570. The van der Waals surface area contributed by atoms with Crippen molar-refractivity contribution in [2.24, 2.45) is 0 Å². The van der Waals surface area contributed by atoms with Gasteiger partial charge in [-0.2, -0.15) is 9.78 Å². The highest BCUT2D eigenvalue weighted by Crippen LogP contribution is 2.24. The first-order valence-electron chi connectivity index (χ1n) is 11.2. The summed E-state index contributed by atoms with van der Waals surface area (Å²) in [5.74, 6) is 1.20. The number of nitrogens with one attached hydrogen (secondary N) is 2. The fourth-order valence-electron chi connectivity index (χ4n) is 3.87. The molecule has 3 heterocycles. The zero-order chi connectivity index (χ0) is 24.4. The van der Waals surface area contributed by atoms with Gasteiger partial charge in [0.1, 0.15) is 17.3 Å². The highest BCUT2D eigenvalue weighted by molar-refractivity contribution is 5.92. The molecule has 0 unspecified atom stereocenters. The monoisotopic (exact) mass is 469 g/mol. The van der Waals surface area contributed by atoms with E-state index >= 15 is 0 Å². The van der Waals surface area contributed by atoms with Gasteiger partial charge in [-0.15, -0.1) is 0 Å². The number of hydrogen-bond acceptors (Lipinski definition) is 6. The number of aryl methyl sites for hydroxylation is 1. The minimum atomic E-state index is -0.394. The quantitative estimate of drug-likeness (QED) is 0.368. The molecule has 0 aliphatic heterocycles. The Labute approximate surface area is 200 Å². The van der Waals surface area contributed by atoms with E-state index in [0.29, 0.717) is 40.7 Å². The molecule has 9 heteroatoms. The Morgan fingerprint density at radius 1 is 1.11 bits per heavy atom. The van der Waals surface area contributed by atoms with Crippen LogP contribution < -0.4 is 15.6 Å². The van der Waals surface area contributed by atoms with Crippen LogP contribution in [0, 0.1) is 6.92 Å². The molecule has 0 saturated heterocycles. The minimum absolute atomic E-state index is 0.188. The molecule has 0 bridgehead atoms. The summed E-state index contributed by atoms with van der Waals surface area (Å²) in [5.41, 5.74) is 1.42. The average Bonchev–Trinajstić information content (AvgIpc) is 3.53. The zero-order valence-electron chi connectivity index (χ0n) is 19.2. The first-order valence-corrected chi connectivity index (χ1v) is 11.2. The number of H-pyrrole nitrogens is 1. The standard InChI is InChI=1S/C26H23N5O4/c1-3-20-16(2)27-26(29-25(20)33)31-23(14-21(30-31)22-9-6-12-34-22)28-24(32)15-35-19-11-10-17-7-4-5-8-18(17)13-19/h4-14H,3,15H2,1-2H3,(H,28,32)(H,27,29,33). The van der Waals surface area contributed by atoms with Crippen LogP contribution in [-0.4, -0.2) is 32.3 Å². The maximum Gasteiger partial charge on any atom is 0.263 e. The van der Waals surface area contributed by atoms with Gasteiger partial charge in [0.15, 0.2) is 12.4 Å². The van der Waals surface area contributed by atoms with Gasteiger partial charge in [-0.3, -0.25) is 14.6 Å². The van der Waals surface area contributed by atoms with Gasteiger partial charge < -0.3 is 14.5 Å². The largest absolute Gasteiger partial charge is 0.484 e. The summed E-state index contributed by atoms with van der Waals surface area (Å²) in [7, 11) is 0. The molecular formula is C26H23N5O4. The fraction of sp³-hybridized carbons (Fsp3) is 0.154. The van der Waals surface area contributed by atoms with Crippen molar-refractivity contribution >= 4 is 22.5 Å². The Balaban J connectivity index is 1.41. The molecule has 0 radical (unpaired) electrons. The van der Waals surface area contributed by atoms with Gasteiger partial charge in [-0.1, -0.05) is 37.3 Å². The summed E-state index contributed by atoms with van der Waals surface area (Å²) >= 11 is 0. The van der Waals surface area contributed by atoms with Crippen molar-refractivity contribution < 1.29 is 13.9 Å². The molecule has 0 atom stereocenters. The van der Waals surface area contributed by atoms with Crippen molar-refractivity contribution in [2.75, 3.05) is 11.9 Å². The van der Waals surface area contributed by atoms with Crippen molar-refractivity contribution in [3.63, 3.8) is 0 Å². The Morgan fingerprint density at radius 2 is 1.94 bits per heavy atom. The molecule has 0 spiro atoms. The molecular weight excluding hydrogens is 446 g/mol. The molecule has 0 aliphatic rings. The third-order valence-corrected chi connectivity index (χ3v) is 5.61. The molecule has 3 aromatic heterocycles. The van der Waals surface area contributed by atoms with Crippen LogP contribution in [-0.2, 0) is 11.2 Å². The molecule has 5 aromatic rings. The van der Waals surface area contributed by atoms with E-state index in [0.717, 1.165) is 10.8 Å². The van der Waals surface area contributed by atoms with Gasteiger partial charge in [0.2, 0.25) is 5.95 Å². The number of nitrogens with zero attached hydrogens (tertiary/aromatic N) is 3.